The zero-order valence-corrected chi connectivity index (χ0v) is 25.4. The standard InChI is InChI=1S/C33H35FN4O4S/c1-19(2)28-16-24(30(43-28)26-5-4-6-29(36-26)38-31(34)25(17-35-38)33(40)41)18-42-27-10-9-23(15-20(27)3)21-11-13-37(14-12-21)32(39)22-7-8-22/h4-6,9-10,15-17,19,21-22H,7-8,11-14,18H2,1-3H3,(H,40,41). The van der Waals surface area contributed by atoms with Crippen molar-refractivity contribution in [2.75, 3.05) is 13.1 Å². The second kappa shape index (κ2) is 11.9. The number of thiophene rings is 1. The highest BCUT2D eigenvalue weighted by molar-refractivity contribution is 7.15. The predicted molar refractivity (Wildman–Crippen MR) is 162 cm³/mol. The molecule has 1 aliphatic heterocycles. The number of carboxylic acid groups (broad SMARTS) is 1. The van der Waals surface area contributed by atoms with Gasteiger partial charge in [-0.3, -0.25) is 4.79 Å². The average Bonchev–Trinajstić information content (AvgIpc) is 3.64. The predicted octanol–water partition coefficient (Wildman–Crippen LogP) is 6.96. The zero-order valence-electron chi connectivity index (χ0n) is 24.5. The van der Waals surface area contributed by atoms with Crippen LogP contribution in [0.5, 0.6) is 5.75 Å². The molecule has 1 aliphatic carbocycles. The molecule has 6 rings (SSSR count). The summed E-state index contributed by atoms with van der Waals surface area (Å²) in [7, 11) is 0. The van der Waals surface area contributed by atoms with E-state index in [-0.39, 0.29) is 11.7 Å². The van der Waals surface area contributed by atoms with E-state index in [0.29, 0.717) is 30.0 Å². The highest BCUT2D eigenvalue weighted by atomic mass is 32.1. The van der Waals surface area contributed by atoms with E-state index < -0.39 is 17.5 Å². The number of halogens is 1. The molecule has 2 fully saturated rings. The van der Waals surface area contributed by atoms with Crippen LogP contribution >= 0.6 is 11.3 Å². The van der Waals surface area contributed by atoms with Crippen LogP contribution in [0.25, 0.3) is 16.4 Å². The van der Waals surface area contributed by atoms with Gasteiger partial charge >= 0.3 is 5.97 Å². The highest BCUT2D eigenvalue weighted by Gasteiger charge is 2.35. The minimum atomic E-state index is -1.38. The van der Waals surface area contributed by atoms with E-state index in [0.717, 1.165) is 71.4 Å². The summed E-state index contributed by atoms with van der Waals surface area (Å²) in [5, 5.41) is 13.1. The lowest BCUT2D eigenvalue weighted by atomic mass is 9.88. The van der Waals surface area contributed by atoms with E-state index >= 15 is 0 Å². The molecule has 4 heterocycles. The largest absolute Gasteiger partial charge is 0.489 e. The third-order valence-corrected chi connectivity index (χ3v) is 9.81. The first-order valence-electron chi connectivity index (χ1n) is 14.8. The van der Waals surface area contributed by atoms with Crippen molar-refractivity contribution in [1.82, 2.24) is 19.7 Å². The molecule has 1 saturated heterocycles. The molecule has 0 spiro atoms. The van der Waals surface area contributed by atoms with Crippen LogP contribution in [0.3, 0.4) is 0 Å². The van der Waals surface area contributed by atoms with Crippen molar-refractivity contribution >= 4 is 23.2 Å². The number of aryl methyl sites for hydroxylation is 1. The summed E-state index contributed by atoms with van der Waals surface area (Å²) in [6.07, 6.45) is 5.06. The molecule has 10 heteroatoms. The molecule has 0 atom stereocenters. The van der Waals surface area contributed by atoms with Gasteiger partial charge in [0.05, 0.1) is 16.8 Å². The summed E-state index contributed by atoms with van der Waals surface area (Å²) in [6, 6.07) is 13.7. The lowest BCUT2D eigenvalue weighted by molar-refractivity contribution is -0.133. The number of pyridine rings is 1. The van der Waals surface area contributed by atoms with Crippen molar-refractivity contribution in [3.63, 3.8) is 0 Å². The number of nitrogens with zero attached hydrogens (tertiary/aromatic N) is 4. The molecule has 1 N–H and O–H groups in total. The van der Waals surface area contributed by atoms with Crippen LogP contribution in [0, 0.1) is 18.8 Å². The molecule has 3 aromatic heterocycles. The number of ether oxygens (including phenoxy) is 1. The summed E-state index contributed by atoms with van der Waals surface area (Å²) >= 11 is 1.62. The molecule has 0 unspecified atom stereocenters. The SMILES string of the molecule is Cc1cc(C2CCN(C(=O)C3CC3)CC2)ccc1OCc1cc(C(C)C)sc1-c1cccc(-n2ncc(C(=O)O)c2F)n1. The normalized spacial score (nSPS) is 15.7. The summed E-state index contributed by atoms with van der Waals surface area (Å²) in [5.41, 5.74) is 3.47. The van der Waals surface area contributed by atoms with E-state index in [9.17, 15) is 19.1 Å². The van der Waals surface area contributed by atoms with Gasteiger partial charge in [-0.15, -0.1) is 11.3 Å². The highest BCUT2D eigenvalue weighted by Crippen LogP contribution is 2.38. The van der Waals surface area contributed by atoms with Crippen LogP contribution in [0.15, 0.2) is 48.7 Å². The lowest BCUT2D eigenvalue weighted by Gasteiger charge is -2.32. The first-order chi connectivity index (χ1) is 20.7. The molecule has 1 saturated carbocycles. The maximum Gasteiger partial charge on any atom is 0.342 e. The molecule has 0 radical (unpaired) electrons. The van der Waals surface area contributed by atoms with Gasteiger partial charge in [0.15, 0.2) is 5.82 Å². The zero-order chi connectivity index (χ0) is 30.2. The van der Waals surface area contributed by atoms with E-state index in [2.05, 4.69) is 49.1 Å². The minimum Gasteiger partial charge on any atom is -0.489 e. The topological polar surface area (TPSA) is 97.6 Å². The number of rotatable bonds is 9. The van der Waals surface area contributed by atoms with Crippen molar-refractivity contribution in [3.8, 4) is 22.1 Å². The van der Waals surface area contributed by atoms with Crippen molar-refractivity contribution < 1.29 is 23.8 Å². The number of carboxylic acids is 1. The molecule has 4 aromatic rings. The summed E-state index contributed by atoms with van der Waals surface area (Å²) in [5.74, 6) is 0.0282. The Kier molecular flexibility index (Phi) is 8.05. The Balaban J connectivity index is 1.18. The molecule has 1 amide bonds. The molecule has 1 aromatic carbocycles. The van der Waals surface area contributed by atoms with Gasteiger partial charge in [0.25, 0.3) is 0 Å². The number of likely N-dealkylation sites (tertiary alicyclic amines) is 1. The van der Waals surface area contributed by atoms with Crippen LogP contribution in [-0.2, 0) is 11.4 Å². The van der Waals surface area contributed by atoms with Gasteiger partial charge in [0, 0.05) is 29.4 Å². The number of benzene rings is 1. The van der Waals surface area contributed by atoms with Crippen LogP contribution < -0.4 is 4.74 Å². The molecular weight excluding hydrogens is 567 g/mol. The third-order valence-electron chi connectivity index (χ3n) is 8.31. The van der Waals surface area contributed by atoms with Crippen LogP contribution in [0.1, 0.15) is 83.3 Å². The lowest BCUT2D eigenvalue weighted by Crippen LogP contribution is -2.38. The molecule has 2 aliphatic rings. The van der Waals surface area contributed by atoms with Gasteiger partial charge in [0.1, 0.15) is 17.9 Å². The van der Waals surface area contributed by atoms with Gasteiger partial charge in [-0.25, -0.2) is 9.78 Å². The second-order valence-electron chi connectivity index (χ2n) is 11.8. The van der Waals surface area contributed by atoms with Crippen molar-refractivity contribution in [2.24, 2.45) is 5.92 Å². The number of hydrogen-bond acceptors (Lipinski definition) is 6. The summed E-state index contributed by atoms with van der Waals surface area (Å²) in [4.78, 5) is 32.5. The Hall–Kier alpha value is -4.05. The van der Waals surface area contributed by atoms with E-state index in [1.54, 1.807) is 23.5 Å². The Morgan fingerprint density at radius 3 is 2.53 bits per heavy atom. The monoisotopic (exact) mass is 602 g/mol. The van der Waals surface area contributed by atoms with Crippen LogP contribution in [0.4, 0.5) is 4.39 Å². The first kappa shape index (κ1) is 29.0. The van der Waals surface area contributed by atoms with Crippen LogP contribution in [-0.4, -0.2) is 49.7 Å². The third kappa shape index (κ3) is 6.06. The average molecular weight is 603 g/mol. The summed E-state index contributed by atoms with van der Waals surface area (Å²) in [6.45, 7) is 8.33. The quantitative estimate of drug-likeness (QED) is 0.222. The molecule has 0 bridgehead atoms. The number of hydrogen-bond donors (Lipinski definition) is 1. The van der Waals surface area contributed by atoms with Gasteiger partial charge in [0.2, 0.25) is 11.9 Å². The Morgan fingerprint density at radius 1 is 1.12 bits per heavy atom. The van der Waals surface area contributed by atoms with Gasteiger partial charge < -0.3 is 14.7 Å². The number of amides is 1. The Bertz CT molecular complexity index is 1670. The van der Waals surface area contributed by atoms with Gasteiger partial charge in [-0.1, -0.05) is 32.0 Å². The van der Waals surface area contributed by atoms with Gasteiger partial charge in [-0.05, 0) is 79.8 Å². The molecular formula is C33H35FN4O4S. The first-order valence-corrected chi connectivity index (χ1v) is 15.6. The maximum atomic E-state index is 14.7. The van der Waals surface area contributed by atoms with E-state index in [1.807, 2.05) is 17.0 Å². The van der Waals surface area contributed by atoms with E-state index in [1.165, 1.54) is 10.4 Å². The fourth-order valence-electron chi connectivity index (χ4n) is 5.63. The molecule has 224 valence electrons. The number of aromatic nitrogens is 3. The number of carbonyl (C=O) groups excluding carboxylic acids is 1. The van der Waals surface area contributed by atoms with Crippen LogP contribution in [0.2, 0.25) is 0 Å². The Morgan fingerprint density at radius 2 is 1.88 bits per heavy atom. The fraction of sp³-hybridized carbons (Fsp3) is 0.394. The number of piperidine rings is 1. The minimum absolute atomic E-state index is 0.197. The fourth-order valence-corrected chi connectivity index (χ4v) is 6.77. The van der Waals surface area contributed by atoms with Crippen molar-refractivity contribution in [1.29, 1.82) is 0 Å². The molecule has 8 nitrogen and oxygen atoms in total. The van der Waals surface area contributed by atoms with E-state index in [4.69, 9.17) is 4.74 Å². The maximum absolute atomic E-state index is 14.7. The number of aromatic carboxylic acids is 1. The van der Waals surface area contributed by atoms with Gasteiger partial charge in [-0.2, -0.15) is 14.2 Å². The van der Waals surface area contributed by atoms with Crippen molar-refractivity contribution in [2.45, 2.75) is 64.9 Å². The van der Waals surface area contributed by atoms with Crippen molar-refractivity contribution in [3.05, 3.63) is 81.7 Å². The second-order valence-corrected chi connectivity index (χ2v) is 12.9. The molecule has 43 heavy (non-hydrogen) atoms. The number of carbonyl (C=O) groups is 2. The Labute approximate surface area is 254 Å². The summed E-state index contributed by atoms with van der Waals surface area (Å²) < 4.78 is 22.0. The smallest absolute Gasteiger partial charge is 0.342 e.